The van der Waals surface area contributed by atoms with Gasteiger partial charge in [-0.05, 0) is 42.7 Å². The Morgan fingerprint density at radius 1 is 1.15 bits per heavy atom. The lowest BCUT2D eigenvalue weighted by molar-refractivity contribution is 0.0696. The summed E-state index contributed by atoms with van der Waals surface area (Å²) in [5, 5.41) is 7.76. The quantitative estimate of drug-likeness (QED) is 0.722. The van der Waals surface area contributed by atoms with E-state index in [9.17, 15) is 4.79 Å². The number of amides is 1. The number of piperidine rings is 1. The Hall–Kier alpha value is -3.09. The number of carbonyl (C=O) groups excluding carboxylic acids is 1. The lowest BCUT2D eigenvalue weighted by atomic mass is 9.96. The van der Waals surface area contributed by atoms with E-state index in [1.165, 1.54) is 5.56 Å². The van der Waals surface area contributed by atoms with Crippen molar-refractivity contribution in [2.45, 2.75) is 25.3 Å². The van der Waals surface area contributed by atoms with Crippen molar-refractivity contribution in [3.05, 3.63) is 72.3 Å². The highest BCUT2D eigenvalue weighted by atomic mass is 16.2. The number of aromatic nitrogens is 5. The minimum Gasteiger partial charge on any atom is -0.337 e. The van der Waals surface area contributed by atoms with Crippen LogP contribution >= 0.6 is 0 Å². The Kier molecular flexibility index (Phi) is 4.68. The average Bonchev–Trinajstić information content (AvgIpc) is 3.17. The highest BCUT2D eigenvalue weighted by Crippen LogP contribution is 2.27. The molecule has 26 heavy (non-hydrogen) atoms. The van der Waals surface area contributed by atoms with Crippen LogP contribution in [0.3, 0.4) is 0 Å². The first-order chi connectivity index (χ1) is 12.8. The van der Waals surface area contributed by atoms with Gasteiger partial charge in [0.1, 0.15) is 5.82 Å². The van der Waals surface area contributed by atoms with Crippen molar-refractivity contribution in [3.8, 4) is 0 Å². The highest BCUT2D eigenvalue weighted by Gasteiger charge is 2.28. The van der Waals surface area contributed by atoms with Crippen LogP contribution in [-0.4, -0.2) is 48.6 Å². The predicted molar refractivity (Wildman–Crippen MR) is 95.5 cm³/mol. The largest absolute Gasteiger partial charge is 0.337 e. The molecule has 1 fully saturated rings. The van der Waals surface area contributed by atoms with E-state index in [-0.39, 0.29) is 11.8 Å². The zero-order valence-electron chi connectivity index (χ0n) is 14.4. The molecule has 7 heteroatoms. The maximum atomic E-state index is 12.7. The van der Waals surface area contributed by atoms with E-state index in [4.69, 9.17) is 0 Å². The molecular formula is C19H20N6O. The smallest absolute Gasteiger partial charge is 0.274 e. The Balaban J connectivity index is 1.50. The van der Waals surface area contributed by atoms with E-state index < -0.39 is 0 Å². The fraction of sp³-hybridized carbons (Fsp3) is 0.316. The molecule has 0 N–H and O–H groups in total. The van der Waals surface area contributed by atoms with Gasteiger partial charge in [0.2, 0.25) is 0 Å². The number of nitrogens with zero attached hydrogens (tertiary/aromatic N) is 6. The van der Waals surface area contributed by atoms with Gasteiger partial charge in [-0.3, -0.25) is 9.78 Å². The van der Waals surface area contributed by atoms with Crippen LogP contribution in [0, 0.1) is 0 Å². The summed E-state index contributed by atoms with van der Waals surface area (Å²) in [6.07, 6.45) is 11.0. The minimum atomic E-state index is -0.0601. The summed E-state index contributed by atoms with van der Waals surface area (Å²) in [6, 6.07) is 7.47. The van der Waals surface area contributed by atoms with Crippen LogP contribution in [-0.2, 0) is 6.54 Å². The van der Waals surface area contributed by atoms with Crippen LogP contribution in [0.15, 0.2) is 55.2 Å². The SMILES string of the molecule is O=C(c1cccnn1)N1CCC[C@H](c2nccn2Cc2ccncc2)C1. The third-order valence-corrected chi connectivity index (χ3v) is 4.72. The Bertz CT molecular complexity index is 864. The van der Waals surface area contributed by atoms with Gasteiger partial charge in [-0.2, -0.15) is 5.10 Å². The molecule has 0 spiro atoms. The molecule has 0 unspecified atom stereocenters. The van der Waals surface area contributed by atoms with E-state index >= 15 is 0 Å². The molecule has 0 saturated carbocycles. The summed E-state index contributed by atoms with van der Waals surface area (Å²) in [5.41, 5.74) is 1.58. The Labute approximate surface area is 151 Å². The van der Waals surface area contributed by atoms with E-state index in [1.807, 2.05) is 29.4 Å². The van der Waals surface area contributed by atoms with Gasteiger partial charge < -0.3 is 9.47 Å². The molecule has 1 aliphatic heterocycles. The molecule has 4 heterocycles. The van der Waals surface area contributed by atoms with Crippen LogP contribution in [0.5, 0.6) is 0 Å². The summed E-state index contributed by atoms with van der Waals surface area (Å²) < 4.78 is 2.16. The molecule has 132 valence electrons. The Morgan fingerprint density at radius 2 is 2.04 bits per heavy atom. The van der Waals surface area contributed by atoms with Crippen molar-refractivity contribution in [2.75, 3.05) is 13.1 Å². The zero-order chi connectivity index (χ0) is 17.8. The van der Waals surface area contributed by atoms with Crippen molar-refractivity contribution in [1.29, 1.82) is 0 Å². The molecule has 3 aromatic heterocycles. The van der Waals surface area contributed by atoms with E-state index in [2.05, 4.69) is 24.7 Å². The number of carbonyl (C=O) groups is 1. The number of hydrogen-bond donors (Lipinski definition) is 0. The number of imidazole rings is 1. The van der Waals surface area contributed by atoms with Gasteiger partial charge in [0, 0.05) is 56.5 Å². The summed E-state index contributed by atoms with van der Waals surface area (Å²) in [4.78, 5) is 23.2. The normalized spacial score (nSPS) is 17.2. The molecule has 1 amide bonds. The molecule has 4 rings (SSSR count). The standard InChI is InChI=1S/C19H20N6O/c26-19(17-4-1-7-22-23-17)25-11-2-3-16(14-25)18-21-10-12-24(18)13-15-5-8-20-9-6-15/h1,4-10,12,16H,2-3,11,13-14H2/t16-/m0/s1. The fourth-order valence-electron chi connectivity index (χ4n) is 3.45. The van der Waals surface area contributed by atoms with Crippen LogP contribution in [0.2, 0.25) is 0 Å². The second kappa shape index (κ2) is 7.43. The zero-order valence-corrected chi connectivity index (χ0v) is 14.4. The highest BCUT2D eigenvalue weighted by molar-refractivity contribution is 5.92. The van der Waals surface area contributed by atoms with Crippen LogP contribution < -0.4 is 0 Å². The predicted octanol–water partition coefficient (Wildman–Crippen LogP) is 2.14. The summed E-state index contributed by atoms with van der Waals surface area (Å²) in [7, 11) is 0. The van der Waals surface area contributed by atoms with Gasteiger partial charge in [-0.25, -0.2) is 4.98 Å². The molecule has 1 aliphatic rings. The summed E-state index contributed by atoms with van der Waals surface area (Å²) in [6.45, 7) is 2.16. The van der Waals surface area contributed by atoms with E-state index in [1.54, 1.807) is 30.7 Å². The number of rotatable bonds is 4. The monoisotopic (exact) mass is 348 g/mol. The van der Waals surface area contributed by atoms with Crippen molar-refractivity contribution in [1.82, 2.24) is 29.6 Å². The summed E-state index contributed by atoms with van der Waals surface area (Å²) >= 11 is 0. The third kappa shape index (κ3) is 3.46. The molecule has 3 aromatic rings. The van der Waals surface area contributed by atoms with Crippen molar-refractivity contribution < 1.29 is 4.79 Å². The van der Waals surface area contributed by atoms with Gasteiger partial charge in [0.05, 0.1) is 0 Å². The Morgan fingerprint density at radius 3 is 2.85 bits per heavy atom. The fourth-order valence-corrected chi connectivity index (χ4v) is 3.45. The van der Waals surface area contributed by atoms with Gasteiger partial charge in [-0.1, -0.05) is 0 Å². The van der Waals surface area contributed by atoms with Gasteiger partial charge in [0.15, 0.2) is 5.69 Å². The van der Waals surface area contributed by atoms with Crippen LogP contribution in [0.1, 0.15) is 40.6 Å². The lowest BCUT2D eigenvalue weighted by Crippen LogP contribution is -2.40. The maximum Gasteiger partial charge on any atom is 0.274 e. The topological polar surface area (TPSA) is 76.8 Å². The minimum absolute atomic E-state index is 0.0601. The van der Waals surface area contributed by atoms with Crippen molar-refractivity contribution in [2.24, 2.45) is 0 Å². The maximum absolute atomic E-state index is 12.7. The second-order valence-electron chi connectivity index (χ2n) is 6.47. The average molecular weight is 348 g/mol. The number of likely N-dealkylation sites (tertiary alicyclic amines) is 1. The van der Waals surface area contributed by atoms with Crippen molar-refractivity contribution in [3.63, 3.8) is 0 Å². The first-order valence-corrected chi connectivity index (χ1v) is 8.78. The van der Waals surface area contributed by atoms with E-state index in [0.29, 0.717) is 12.2 Å². The molecule has 0 bridgehead atoms. The molecule has 1 atom stereocenters. The van der Waals surface area contributed by atoms with Crippen LogP contribution in [0.4, 0.5) is 0 Å². The molecule has 0 aromatic carbocycles. The van der Waals surface area contributed by atoms with Gasteiger partial charge >= 0.3 is 0 Å². The van der Waals surface area contributed by atoms with E-state index in [0.717, 1.165) is 31.8 Å². The molecular weight excluding hydrogens is 328 g/mol. The second-order valence-corrected chi connectivity index (χ2v) is 6.47. The molecule has 7 nitrogen and oxygen atoms in total. The first kappa shape index (κ1) is 16.4. The van der Waals surface area contributed by atoms with Crippen LogP contribution in [0.25, 0.3) is 0 Å². The third-order valence-electron chi connectivity index (χ3n) is 4.72. The molecule has 1 saturated heterocycles. The molecule has 0 aliphatic carbocycles. The van der Waals surface area contributed by atoms with Gasteiger partial charge in [-0.15, -0.1) is 5.10 Å². The van der Waals surface area contributed by atoms with Crippen molar-refractivity contribution >= 4 is 5.91 Å². The number of pyridine rings is 1. The first-order valence-electron chi connectivity index (χ1n) is 8.78. The molecule has 0 radical (unpaired) electrons. The van der Waals surface area contributed by atoms with Gasteiger partial charge in [0.25, 0.3) is 5.91 Å². The lowest BCUT2D eigenvalue weighted by Gasteiger charge is -2.32. The number of hydrogen-bond acceptors (Lipinski definition) is 5. The summed E-state index contributed by atoms with van der Waals surface area (Å²) in [5.74, 6) is 1.19.